The molecular formula is C36H60N4O7. The number of aromatic amines is 1. The van der Waals surface area contributed by atoms with E-state index in [2.05, 4.69) is 22.1 Å². The highest BCUT2D eigenvalue weighted by atomic mass is 16.6. The fraction of sp³-hybridized carbons (Fsp3) is 0.694. The van der Waals surface area contributed by atoms with Gasteiger partial charge in [-0.2, -0.15) is 0 Å². The largest absolute Gasteiger partial charge is 0.479 e. The minimum atomic E-state index is -0.883. The number of benzene rings is 1. The molecule has 2 aliphatic heterocycles. The van der Waals surface area contributed by atoms with Crippen molar-refractivity contribution in [3.8, 4) is 0 Å². The summed E-state index contributed by atoms with van der Waals surface area (Å²) in [7, 11) is 0. The van der Waals surface area contributed by atoms with Crippen molar-refractivity contribution in [2.24, 2.45) is 5.92 Å². The van der Waals surface area contributed by atoms with Gasteiger partial charge < -0.3 is 34.5 Å². The van der Waals surface area contributed by atoms with Crippen molar-refractivity contribution in [1.82, 2.24) is 20.1 Å². The van der Waals surface area contributed by atoms with E-state index in [4.69, 9.17) is 14.2 Å². The van der Waals surface area contributed by atoms with Crippen molar-refractivity contribution in [2.45, 2.75) is 112 Å². The van der Waals surface area contributed by atoms with Gasteiger partial charge in [-0.25, -0.2) is 9.59 Å². The van der Waals surface area contributed by atoms with Crippen LogP contribution >= 0.6 is 0 Å². The van der Waals surface area contributed by atoms with Gasteiger partial charge in [0, 0.05) is 48.8 Å². The van der Waals surface area contributed by atoms with Crippen LogP contribution in [0.3, 0.4) is 0 Å². The quantitative estimate of drug-likeness (QED) is 0.255. The molecule has 0 aliphatic carbocycles. The van der Waals surface area contributed by atoms with E-state index in [-0.39, 0.29) is 30.1 Å². The Bertz CT molecular complexity index is 1260. The Hall–Kier alpha value is -3.15. The maximum Gasteiger partial charge on any atom is 0.410 e. The van der Waals surface area contributed by atoms with Crippen LogP contribution < -0.4 is 5.32 Å². The van der Waals surface area contributed by atoms with Crippen molar-refractivity contribution in [2.75, 3.05) is 45.9 Å². The highest BCUT2D eigenvalue weighted by Gasteiger charge is 2.33. The Morgan fingerprint density at radius 3 is 2.53 bits per heavy atom. The Kier molecular flexibility index (Phi) is 16.7. The van der Waals surface area contributed by atoms with Gasteiger partial charge >= 0.3 is 12.1 Å². The minimum Gasteiger partial charge on any atom is -0.479 e. The zero-order valence-electron chi connectivity index (χ0n) is 30.2. The van der Waals surface area contributed by atoms with Crippen LogP contribution in [0.2, 0.25) is 0 Å². The molecule has 1 aromatic heterocycles. The second-order valence-electron chi connectivity index (χ2n) is 13.1. The van der Waals surface area contributed by atoms with E-state index in [0.29, 0.717) is 31.8 Å². The molecule has 2 saturated heterocycles. The first-order valence-electron chi connectivity index (χ1n) is 17.4. The van der Waals surface area contributed by atoms with Gasteiger partial charge in [0.1, 0.15) is 5.60 Å². The lowest BCUT2D eigenvalue weighted by atomic mass is 9.92. The van der Waals surface area contributed by atoms with Crippen LogP contribution in [0.15, 0.2) is 24.4 Å². The SMILES string of the molecule is CC.CCN(CC1COCCN1CC)C(=O)OC(C)(C)C.Cc1cc(C(=O)NCCCC2CCC(C)C(C(=O)O)O2)cc2cc[nH]c12. The van der Waals surface area contributed by atoms with Gasteiger partial charge in [-0.05, 0) is 96.5 Å². The van der Waals surface area contributed by atoms with Gasteiger partial charge in [0.05, 0.1) is 25.4 Å². The van der Waals surface area contributed by atoms with Crippen molar-refractivity contribution in [3.63, 3.8) is 0 Å². The Morgan fingerprint density at radius 2 is 1.89 bits per heavy atom. The second-order valence-corrected chi connectivity index (χ2v) is 13.1. The maximum absolute atomic E-state index is 12.4. The summed E-state index contributed by atoms with van der Waals surface area (Å²) in [6.45, 7) is 22.9. The number of morpholine rings is 1. The van der Waals surface area contributed by atoms with Gasteiger partial charge in [-0.3, -0.25) is 9.69 Å². The molecule has 11 nitrogen and oxygen atoms in total. The molecular weight excluding hydrogens is 600 g/mol. The Labute approximate surface area is 281 Å². The molecule has 11 heteroatoms. The highest BCUT2D eigenvalue weighted by molar-refractivity contribution is 5.99. The summed E-state index contributed by atoms with van der Waals surface area (Å²) in [4.78, 5) is 43.0. The number of aliphatic carboxylic acids is 1. The molecule has 0 bridgehead atoms. The van der Waals surface area contributed by atoms with Gasteiger partial charge in [0.15, 0.2) is 6.10 Å². The third-order valence-corrected chi connectivity index (χ3v) is 8.37. The van der Waals surface area contributed by atoms with Crippen LogP contribution in [0.1, 0.15) is 97.0 Å². The number of ether oxygens (including phenoxy) is 3. The van der Waals surface area contributed by atoms with Crippen molar-refractivity contribution >= 4 is 28.9 Å². The fourth-order valence-electron chi connectivity index (χ4n) is 5.83. The summed E-state index contributed by atoms with van der Waals surface area (Å²) in [6, 6.07) is 6.00. The monoisotopic (exact) mass is 660 g/mol. The number of H-pyrrole nitrogens is 1. The van der Waals surface area contributed by atoms with Crippen LogP contribution in [-0.4, -0.2) is 108 Å². The molecule has 4 rings (SSSR count). The van der Waals surface area contributed by atoms with Crippen molar-refractivity contribution in [3.05, 3.63) is 35.5 Å². The maximum atomic E-state index is 12.4. The van der Waals surface area contributed by atoms with E-state index in [0.717, 1.165) is 61.8 Å². The summed E-state index contributed by atoms with van der Waals surface area (Å²) in [5.74, 6) is -0.918. The number of aromatic nitrogens is 1. The number of amides is 2. The first-order chi connectivity index (χ1) is 22.3. The zero-order valence-corrected chi connectivity index (χ0v) is 30.2. The lowest BCUT2D eigenvalue weighted by Crippen LogP contribution is -2.52. The van der Waals surface area contributed by atoms with Crippen LogP contribution in [0.5, 0.6) is 0 Å². The average Bonchev–Trinajstić information content (AvgIpc) is 3.52. The van der Waals surface area contributed by atoms with Crippen molar-refractivity contribution in [1.29, 1.82) is 0 Å². The number of rotatable bonds is 10. The molecule has 0 spiro atoms. The number of nitrogens with zero attached hydrogens (tertiary/aromatic N) is 2. The summed E-state index contributed by atoms with van der Waals surface area (Å²) in [5.41, 5.74) is 2.31. The predicted molar refractivity (Wildman–Crippen MR) is 186 cm³/mol. The first kappa shape index (κ1) is 40.0. The number of carboxylic acid groups (broad SMARTS) is 1. The Morgan fingerprint density at radius 1 is 1.17 bits per heavy atom. The number of carbonyl (C=O) groups excluding carboxylic acids is 2. The Balaban J connectivity index is 0.000000325. The molecule has 4 unspecified atom stereocenters. The number of aryl methyl sites for hydroxylation is 1. The molecule has 47 heavy (non-hydrogen) atoms. The fourth-order valence-corrected chi connectivity index (χ4v) is 5.83. The number of carboxylic acids is 1. The molecule has 2 fully saturated rings. The molecule has 3 heterocycles. The summed E-state index contributed by atoms with van der Waals surface area (Å²) >= 11 is 0. The summed E-state index contributed by atoms with van der Waals surface area (Å²) in [6.07, 6.45) is 4.15. The van der Waals surface area contributed by atoms with E-state index in [1.165, 1.54) is 0 Å². The zero-order chi connectivity index (χ0) is 35.1. The van der Waals surface area contributed by atoms with Gasteiger partial charge in [-0.1, -0.05) is 27.7 Å². The van der Waals surface area contributed by atoms with Crippen molar-refractivity contribution < 1.29 is 33.7 Å². The smallest absolute Gasteiger partial charge is 0.410 e. The van der Waals surface area contributed by atoms with Crippen LogP contribution in [0.4, 0.5) is 4.79 Å². The number of hydrogen-bond donors (Lipinski definition) is 3. The lowest BCUT2D eigenvalue weighted by molar-refractivity contribution is -0.165. The summed E-state index contributed by atoms with van der Waals surface area (Å²) < 4.78 is 16.6. The number of nitrogens with one attached hydrogen (secondary N) is 2. The molecule has 2 amide bonds. The highest BCUT2D eigenvalue weighted by Crippen LogP contribution is 2.27. The molecule has 2 aliphatic rings. The van der Waals surface area contributed by atoms with Crippen LogP contribution in [0.25, 0.3) is 10.9 Å². The first-order valence-corrected chi connectivity index (χ1v) is 17.4. The second kappa shape index (κ2) is 19.6. The van der Waals surface area contributed by atoms with Crippen LogP contribution in [-0.2, 0) is 19.0 Å². The average molecular weight is 661 g/mol. The lowest BCUT2D eigenvalue weighted by Gasteiger charge is -2.37. The third-order valence-electron chi connectivity index (χ3n) is 8.37. The normalized spacial score (nSPS) is 21.5. The molecule has 266 valence electrons. The number of fused-ring (bicyclic) bond motifs is 1. The summed E-state index contributed by atoms with van der Waals surface area (Å²) in [5, 5.41) is 13.2. The van der Waals surface area contributed by atoms with E-state index in [9.17, 15) is 19.5 Å². The topological polar surface area (TPSA) is 133 Å². The number of carbonyl (C=O) groups is 3. The molecule has 0 radical (unpaired) electrons. The van der Waals surface area contributed by atoms with E-state index < -0.39 is 17.7 Å². The number of likely N-dealkylation sites (N-methyl/N-ethyl adjacent to an activating group) is 2. The van der Waals surface area contributed by atoms with Gasteiger partial charge in [0.25, 0.3) is 5.91 Å². The van der Waals surface area contributed by atoms with Gasteiger partial charge in [-0.15, -0.1) is 0 Å². The standard InChI is InChI=1S/C20H26N2O4.C14H28N2O3.C2H6/c1-12-5-6-16(26-18(12)20(24)25)4-3-8-22-19(23)15-10-13(2)17-14(11-15)7-9-21-17;1-6-15-8-9-18-11-12(15)10-16(7-2)13(17)19-14(3,4)5;1-2/h7,9-12,16,18,21H,3-6,8H2,1-2H3,(H,22,23)(H,24,25);12H,6-11H2,1-5H3;1-2H3. The molecule has 2 aromatic rings. The van der Waals surface area contributed by atoms with E-state index in [1.807, 2.05) is 79.8 Å². The molecule has 3 N–H and O–H groups in total. The van der Waals surface area contributed by atoms with E-state index >= 15 is 0 Å². The third kappa shape index (κ3) is 12.8. The minimum absolute atomic E-state index is 0.0392. The molecule has 4 atom stereocenters. The van der Waals surface area contributed by atoms with E-state index in [1.54, 1.807) is 4.90 Å². The van der Waals surface area contributed by atoms with Gasteiger partial charge in [0.2, 0.25) is 0 Å². The predicted octanol–water partition coefficient (Wildman–Crippen LogP) is 6.24. The van der Waals surface area contributed by atoms with Crippen LogP contribution in [0, 0.1) is 12.8 Å². The molecule has 1 aromatic carbocycles. The number of hydrogen-bond acceptors (Lipinski definition) is 7. The molecule has 0 saturated carbocycles.